The average Bonchev–Trinajstić information content (AvgIpc) is 2.19. The summed E-state index contributed by atoms with van der Waals surface area (Å²) in [5, 5.41) is 31.9. The van der Waals surface area contributed by atoms with Gasteiger partial charge in [0.25, 0.3) is 0 Å². The summed E-state index contributed by atoms with van der Waals surface area (Å²) in [5.74, 6) is 0. The second-order valence-corrected chi connectivity index (χ2v) is 3.55. The summed E-state index contributed by atoms with van der Waals surface area (Å²) in [5.41, 5.74) is -0.229. The van der Waals surface area contributed by atoms with Gasteiger partial charge in [0, 0.05) is 10.5 Å². The third-order valence-electron chi connectivity index (χ3n) is 2.33. The van der Waals surface area contributed by atoms with Crippen molar-refractivity contribution in [1.29, 1.82) is 0 Å². The molecule has 0 bridgehead atoms. The van der Waals surface area contributed by atoms with Gasteiger partial charge in [0.2, 0.25) is 5.69 Å². The normalized spacial score (nSPS) is 9.37. The summed E-state index contributed by atoms with van der Waals surface area (Å²) in [7, 11) is 0. The fourth-order valence-corrected chi connectivity index (χ4v) is 1.54. The van der Waals surface area contributed by atoms with E-state index in [2.05, 4.69) is 0 Å². The number of hydrogen-bond acceptors (Lipinski definition) is 6. The van der Waals surface area contributed by atoms with Crippen LogP contribution in [0.4, 0.5) is 5.69 Å². The molecule has 9 nitrogen and oxygen atoms in total. The Balaban J connectivity index is 0.00000324. The molecule has 0 atom stereocenters. The minimum Gasteiger partial charge on any atom is -0.265 e. The first-order valence-corrected chi connectivity index (χ1v) is 4.67. The van der Waals surface area contributed by atoms with Gasteiger partial charge in [-0.05, 0) is 12.5 Å². The third kappa shape index (κ3) is 3.94. The van der Waals surface area contributed by atoms with Crippen molar-refractivity contribution < 1.29 is 66.2 Å². The molecule has 19 heavy (non-hydrogen) atoms. The Morgan fingerprint density at radius 3 is 1.79 bits per heavy atom. The second kappa shape index (κ2) is 6.91. The topological polar surface area (TPSA) is 129 Å². The van der Waals surface area contributed by atoms with E-state index in [1.807, 2.05) is 0 Å². The van der Waals surface area contributed by atoms with E-state index >= 15 is 0 Å². The summed E-state index contributed by atoms with van der Waals surface area (Å²) in [6, 6.07) is 2.16. The molecule has 0 aliphatic heterocycles. The molecule has 10 heteroatoms. The van der Waals surface area contributed by atoms with Crippen molar-refractivity contribution in [3.05, 3.63) is 65.3 Å². The maximum absolute atomic E-state index is 10.7. The van der Waals surface area contributed by atoms with Gasteiger partial charge in [-0.25, -0.2) is 0 Å². The van der Waals surface area contributed by atoms with E-state index in [1.165, 1.54) is 19.9 Å². The molecule has 0 aliphatic carbocycles. The molecular weight excluding hydrogens is 285 g/mol. The third-order valence-corrected chi connectivity index (χ3v) is 2.33. The molecule has 0 N–H and O–H groups in total. The molecule has 96 valence electrons. The van der Waals surface area contributed by atoms with Crippen LogP contribution in [-0.2, 0) is 0 Å². The van der Waals surface area contributed by atoms with Gasteiger partial charge in [-0.2, -0.15) is 0 Å². The zero-order chi connectivity index (χ0) is 14.0. The first-order chi connectivity index (χ1) is 8.25. The van der Waals surface area contributed by atoms with Crippen LogP contribution in [0.25, 0.3) is 0 Å². The van der Waals surface area contributed by atoms with E-state index < -0.39 is 26.6 Å². The van der Waals surface area contributed by atoms with Gasteiger partial charge in [0.1, 0.15) is 0 Å². The summed E-state index contributed by atoms with van der Waals surface area (Å²) >= 11 is 0. The van der Waals surface area contributed by atoms with E-state index in [-0.39, 0.29) is 68.1 Å². The molecule has 0 fully saturated rings. The van der Waals surface area contributed by atoms with Crippen LogP contribution in [0.2, 0.25) is 0 Å². The SMILES string of the molecule is Cc1cc(C)c([N+](=O)[O-])cc1[C-]([N+](=O)[O-])[N+](=O)[O-].[K+]. The minimum absolute atomic E-state index is 0. The predicted molar refractivity (Wildman–Crippen MR) is 58.9 cm³/mol. The fourth-order valence-electron chi connectivity index (χ4n) is 1.54. The Morgan fingerprint density at radius 2 is 1.42 bits per heavy atom. The van der Waals surface area contributed by atoms with E-state index in [0.717, 1.165) is 6.07 Å². The van der Waals surface area contributed by atoms with Gasteiger partial charge in [0.05, 0.1) is 9.85 Å². The molecule has 0 aliphatic rings. The molecule has 0 heterocycles. The number of rotatable bonds is 4. The number of nitro groups is 3. The van der Waals surface area contributed by atoms with Crippen LogP contribution in [-0.4, -0.2) is 14.8 Å². The van der Waals surface area contributed by atoms with E-state index in [4.69, 9.17) is 0 Å². The summed E-state index contributed by atoms with van der Waals surface area (Å²) in [4.78, 5) is 28.9. The Labute approximate surface area is 149 Å². The van der Waals surface area contributed by atoms with Gasteiger partial charge < -0.3 is 0 Å². The zero-order valence-corrected chi connectivity index (χ0v) is 13.6. The number of nitro benzene ring substituents is 1. The van der Waals surface area contributed by atoms with Crippen molar-refractivity contribution in [3.63, 3.8) is 0 Å². The summed E-state index contributed by atoms with van der Waals surface area (Å²) in [6.45, 7) is 2.87. The number of nitrogens with zero attached hydrogens (tertiary/aromatic N) is 3. The average molecular weight is 293 g/mol. The molecular formula is C9H8KN3O6. The standard InChI is InChI=1S/C9H8N3O6.K/c1-5-3-6(2)8(10(13)14)4-7(5)9(11(15)16)12(17)18;/h3-4H,1-2H3;/q-1;+1. The Morgan fingerprint density at radius 1 is 0.947 bits per heavy atom. The Kier molecular flexibility index (Phi) is 6.52. The maximum atomic E-state index is 10.7. The monoisotopic (exact) mass is 293 g/mol. The number of aryl methyl sites for hydroxylation is 2. The molecule has 0 unspecified atom stereocenters. The largest absolute Gasteiger partial charge is 1.00 e. The van der Waals surface area contributed by atoms with Gasteiger partial charge in [-0.3, -0.25) is 30.3 Å². The van der Waals surface area contributed by atoms with Gasteiger partial charge in [-0.1, -0.05) is 13.0 Å². The summed E-state index contributed by atoms with van der Waals surface area (Å²) in [6.07, 6.45) is -1.27. The molecule has 1 aromatic carbocycles. The molecule has 0 spiro atoms. The van der Waals surface area contributed by atoms with Gasteiger partial charge >= 0.3 is 57.6 Å². The van der Waals surface area contributed by atoms with Crippen LogP contribution in [0.3, 0.4) is 0 Å². The Bertz CT molecular complexity index is 533. The van der Waals surface area contributed by atoms with Crippen molar-refractivity contribution >= 4 is 5.69 Å². The summed E-state index contributed by atoms with van der Waals surface area (Å²) < 4.78 is 0. The second-order valence-electron chi connectivity index (χ2n) is 3.55. The smallest absolute Gasteiger partial charge is 0.265 e. The van der Waals surface area contributed by atoms with Crippen molar-refractivity contribution in [2.75, 3.05) is 0 Å². The zero-order valence-electron chi connectivity index (χ0n) is 10.4. The van der Waals surface area contributed by atoms with E-state index in [9.17, 15) is 30.3 Å². The molecule has 0 amide bonds. The molecule has 1 aromatic rings. The first kappa shape index (κ1) is 17.9. The van der Waals surface area contributed by atoms with Crippen LogP contribution in [0, 0.1) is 50.4 Å². The molecule has 0 saturated heterocycles. The van der Waals surface area contributed by atoms with Gasteiger partial charge in [0.15, 0.2) is 0 Å². The quantitative estimate of drug-likeness (QED) is 0.291. The van der Waals surface area contributed by atoms with Gasteiger partial charge in [-0.15, -0.1) is 11.6 Å². The first-order valence-electron chi connectivity index (χ1n) is 4.67. The van der Waals surface area contributed by atoms with Crippen LogP contribution in [0.1, 0.15) is 16.7 Å². The molecule has 0 saturated carbocycles. The predicted octanol–water partition coefficient (Wildman–Crippen LogP) is -1.39. The van der Waals surface area contributed by atoms with Crippen LogP contribution >= 0.6 is 0 Å². The Hall–Kier alpha value is -1.07. The molecule has 1 rings (SSSR count). The van der Waals surface area contributed by atoms with E-state index in [0.29, 0.717) is 0 Å². The fraction of sp³-hybridized carbons (Fsp3) is 0.222. The minimum atomic E-state index is -1.27. The van der Waals surface area contributed by atoms with Crippen molar-refractivity contribution in [3.8, 4) is 0 Å². The number of hydrogen-bond donors (Lipinski definition) is 0. The molecule has 0 radical (unpaired) electrons. The maximum Gasteiger partial charge on any atom is 1.00 e. The van der Waals surface area contributed by atoms with Crippen LogP contribution in [0.15, 0.2) is 12.1 Å². The van der Waals surface area contributed by atoms with E-state index in [1.54, 1.807) is 0 Å². The number of benzene rings is 1. The van der Waals surface area contributed by atoms with Crippen LogP contribution < -0.4 is 51.4 Å². The van der Waals surface area contributed by atoms with Crippen molar-refractivity contribution in [2.24, 2.45) is 0 Å². The van der Waals surface area contributed by atoms with Crippen molar-refractivity contribution in [2.45, 2.75) is 13.8 Å². The van der Waals surface area contributed by atoms with Crippen molar-refractivity contribution in [1.82, 2.24) is 0 Å². The van der Waals surface area contributed by atoms with Crippen LogP contribution in [0.5, 0.6) is 0 Å². The molecule has 0 aromatic heterocycles.